The van der Waals surface area contributed by atoms with Crippen molar-refractivity contribution in [2.45, 2.75) is 65.5 Å². The van der Waals surface area contributed by atoms with Gasteiger partial charge in [-0.05, 0) is 25.7 Å². The molecule has 0 unspecified atom stereocenters. The van der Waals surface area contributed by atoms with E-state index >= 15 is 0 Å². The Hall–Kier alpha value is -1.26. The van der Waals surface area contributed by atoms with Crippen molar-refractivity contribution in [2.24, 2.45) is 0 Å². The Labute approximate surface area is 192 Å². The van der Waals surface area contributed by atoms with Crippen molar-refractivity contribution < 1.29 is 43.1 Å². The summed E-state index contributed by atoms with van der Waals surface area (Å²) in [6, 6.07) is 12.8. The van der Waals surface area contributed by atoms with Gasteiger partial charge in [0.25, 0.3) is 0 Å². The topological polar surface area (TPSA) is 7.76 Å². The minimum absolute atomic E-state index is 0. The zero-order chi connectivity index (χ0) is 18.5. The molecule has 0 atom stereocenters. The van der Waals surface area contributed by atoms with Gasteiger partial charge < -0.3 is 34.0 Å². The van der Waals surface area contributed by atoms with Gasteiger partial charge in [-0.1, -0.05) is 36.4 Å². The number of aryl methyl sites for hydroxylation is 4. The lowest BCUT2D eigenvalue weighted by Crippen LogP contribution is -3.00. The summed E-state index contributed by atoms with van der Waals surface area (Å²) in [7, 11) is 0. The Balaban J connectivity index is 0.00000364. The second-order valence-electron chi connectivity index (χ2n) is 6.92. The van der Waals surface area contributed by atoms with E-state index in [2.05, 4.69) is 96.1 Å². The molecule has 0 aliphatic carbocycles. The standard InChI is InChI=1S/C24H34N2.2BrH/c1-23-17-11-15-21-25(23)19-13-9-7-5-3-4-6-8-10-14-20-26-22-16-12-18-24(26)2;;/h3-6,11-12,15-18,21-22H,7-10,13-14,19-20H2,1-2H3;2*1H/q+2;;/p-2. The van der Waals surface area contributed by atoms with Gasteiger partial charge in [0, 0.05) is 51.0 Å². The largest absolute Gasteiger partial charge is 1.00 e. The van der Waals surface area contributed by atoms with E-state index in [0.29, 0.717) is 0 Å². The Bertz CT molecular complexity index is 650. The molecule has 4 heteroatoms. The van der Waals surface area contributed by atoms with Crippen LogP contribution in [-0.4, -0.2) is 0 Å². The van der Waals surface area contributed by atoms with Crippen molar-refractivity contribution in [2.75, 3.05) is 0 Å². The SMILES string of the molecule is Cc1cccc[n+]1CCCCC=CC=CCCCC[n+]1ccccc1C.[Br-].[Br-]. The first-order valence-electron chi connectivity index (χ1n) is 9.99. The van der Waals surface area contributed by atoms with Crippen molar-refractivity contribution in [1.82, 2.24) is 0 Å². The van der Waals surface area contributed by atoms with Crippen LogP contribution >= 0.6 is 0 Å². The fourth-order valence-corrected chi connectivity index (χ4v) is 3.06. The maximum absolute atomic E-state index is 2.33. The molecule has 154 valence electrons. The van der Waals surface area contributed by atoms with Crippen LogP contribution in [0.4, 0.5) is 0 Å². The van der Waals surface area contributed by atoms with E-state index in [1.165, 1.54) is 49.9 Å². The first-order chi connectivity index (χ1) is 12.8. The quantitative estimate of drug-likeness (QED) is 0.209. The number of hydrogen-bond donors (Lipinski definition) is 0. The highest BCUT2D eigenvalue weighted by Gasteiger charge is 2.03. The van der Waals surface area contributed by atoms with Crippen LogP contribution in [0.5, 0.6) is 0 Å². The Kier molecular flexibility index (Phi) is 15.9. The molecule has 0 saturated carbocycles. The first kappa shape index (κ1) is 26.7. The smallest absolute Gasteiger partial charge is 0.178 e. The third-order valence-corrected chi connectivity index (χ3v) is 4.76. The number of rotatable bonds is 11. The minimum atomic E-state index is 0. The van der Waals surface area contributed by atoms with E-state index in [1.54, 1.807) is 0 Å². The molecule has 2 aromatic rings. The van der Waals surface area contributed by atoms with Crippen molar-refractivity contribution in [3.63, 3.8) is 0 Å². The number of unbranched alkanes of at least 4 members (excludes halogenated alkanes) is 4. The number of hydrogen-bond acceptors (Lipinski definition) is 0. The van der Waals surface area contributed by atoms with Crippen molar-refractivity contribution in [3.8, 4) is 0 Å². The van der Waals surface area contributed by atoms with Gasteiger partial charge >= 0.3 is 0 Å². The van der Waals surface area contributed by atoms with Gasteiger partial charge in [-0.2, -0.15) is 0 Å². The fourth-order valence-electron chi connectivity index (χ4n) is 3.06. The van der Waals surface area contributed by atoms with E-state index in [9.17, 15) is 0 Å². The van der Waals surface area contributed by atoms with Gasteiger partial charge in [0.2, 0.25) is 0 Å². The molecule has 0 aliphatic heterocycles. The summed E-state index contributed by atoms with van der Waals surface area (Å²) in [4.78, 5) is 0. The Morgan fingerprint density at radius 3 is 1.46 bits per heavy atom. The average molecular weight is 510 g/mol. The van der Waals surface area contributed by atoms with E-state index < -0.39 is 0 Å². The van der Waals surface area contributed by atoms with Crippen LogP contribution in [0.3, 0.4) is 0 Å². The molecular formula is C24H34Br2N2. The molecular weight excluding hydrogens is 476 g/mol. The molecule has 0 radical (unpaired) electrons. The van der Waals surface area contributed by atoms with Gasteiger partial charge in [-0.25, -0.2) is 9.13 Å². The van der Waals surface area contributed by atoms with Crippen LogP contribution in [0.15, 0.2) is 73.1 Å². The van der Waals surface area contributed by atoms with E-state index in [4.69, 9.17) is 0 Å². The van der Waals surface area contributed by atoms with Crippen molar-refractivity contribution in [3.05, 3.63) is 84.5 Å². The van der Waals surface area contributed by atoms with Gasteiger partial charge in [-0.15, -0.1) is 0 Å². The summed E-state index contributed by atoms with van der Waals surface area (Å²) in [5, 5.41) is 0. The zero-order valence-electron chi connectivity index (χ0n) is 17.2. The van der Waals surface area contributed by atoms with Gasteiger partial charge in [0.05, 0.1) is 0 Å². The van der Waals surface area contributed by atoms with Crippen LogP contribution in [-0.2, 0) is 13.1 Å². The molecule has 0 amide bonds. The van der Waals surface area contributed by atoms with E-state index in [0.717, 1.165) is 13.1 Å². The van der Waals surface area contributed by atoms with Gasteiger partial charge in [0.1, 0.15) is 13.1 Å². The third-order valence-electron chi connectivity index (χ3n) is 4.76. The van der Waals surface area contributed by atoms with Gasteiger partial charge in [-0.3, -0.25) is 0 Å². The molecule has 0 aliphatic rings. The molecule has 2 aromatic heterocycles. The molecule has 0 bridgehead atoms. The predicted molar refractivity (Wildman–Crippen MR) is 109 cm³/mol. The summed E-state index contributed by atoms with van der Waals surface area (Å²) in [5.74, 6) is 0. The highest BCUT2D eigenvalue weighted by atomic mass is 79.9. The fraction of sp³-hybridized carbons (Fsp3) is 0.417. The number of allylic oxidation sites excluding steroid dienone is 4. The maximum atomic E-state index is 2.33. The van der Waals surface area contributed by atoms with Crippen LogP contribution in [0, 0.1) is 13.8 Å². The molecule has 0 fully saturated rings. The maximum Gasteiger partial charge on any atom is 0.178 e. The lowest BCUT2D eigenvalue weighted by atomic mass is 10.2. The van der Waals surface area contributed by atoms with E-state index in [-0.39, 0.29) is 34.0 Å². The second-order valence-corrected chi connectivity index (χ2v) is 6.92. The number of aromatic nitrogens is 2. The summed E-state index contributed by atoms with van der Waals surface area (Å²) in [6.45, 7) is 6.58. The highest BCUT2D eigenvalue weighted by Crippen LogP contribution is 2.00. The Morgan fingerprint density at radius 2 is 1.07 bits per heavy atom. The van der Waals surface area contributed by atoms with Crippen molar-refractivity contribution >= 4 is 0 Å². The summed E-state index contributed by atoms with van der Waals surface area (Å²) in [6.07, 6.45) is 20.6. The third kappa shape index (κ3) is 10.9. The van der Waals surface area contributed by atoms with Crippen LogP contribution in [0.2, 0.25) is 0 Å². The predicted octanol–water partition coefficient (Wildman–Crippen LogP) is -0.960. The Morgan fingerprint density at radius 1 is 0.643 bits per heavy atom. The van der Waals surface area contributed by atoms with Crippen molar-refractivity contribution in [1.29, 1.82) is 0 Å². The average Bonchev–Trinajstić information content (AvgIpc) is 2.65. The molecule has 2 nitrogen and oxygen atoms in total. The van der Waals surface area contributed by atoms with Crippen LogP contribution in [0.25, 0.3) is 0 Å². The second kappa shape index (κ2) is 16.7. The number of nitrogens with zero attached hydrogens (tertiary/aromatic N) is 2. The monoisotopic (exact) mass is 508 g/mol. The summed E-state index contributed by atoms with van der Waals surface area (Å²) >= 11 is 0. The molecule has 2 heterocycles. The number of halogens is 2. The molecule has 2 rings (SSSR count). The first-order valence-corrected chi connectivity index (χ1v) is 9.99. The van der Waals surface area contributed by atoms with Gasteiger partial charge in [0.15, 0.2) is 23.8 Å². The minimum Gasteiger partial charge on any atom is -1.00 e. The summed E-state index contributed by atoms with van der Waals surface area (Å²) in [5.41, 5.74) is 2.68. The molecule has 28 heavy (non-hydrogen) atoms. The van der Waals surface area contributed by atoms with E-state index in [1.807, 2.05) is 0 Å². The zero-order valence-corrected chi connectivity index (χ0v) is 20.4. The normalized spacial score (nSPS) is 10.8. The summed E-state index contributed by atoms with van der Waals surface area (Å²) < 4.78 is 4.66. The lowest BCUT2D eigenvalue weighted by molar-refractivity contribution is -0.703. The highest BCUT2D eigenvalue weighted by molar-refractivity contribution is 5.02. The molecule has 0 N–H and O–H groups in total. The molecule has 0 spiro atoms. The molecule has 0 saturated heterocycles. The lowest BCUT2D eigenvalue weighted by Gasteiger charge is -1.99. The van der Waals surface area contributed by atoms with Crippen LogP contribution in [0.1, 0.15) is 49.9 Å². The molecule has 0 aromatic carbocycles. The number of pyridine rings is 2. The van der Waals surface area contributed by atoms with Crippen LogP contribution < -0.4 is 43.1 Å².